The molecule has 0 unspecified atom stereocenters. The van der Waals surface area contributed by atoms with Gasteiger partial charge in [0.25, 0.3) is 0 Å². The standard InChI is InChI=1S/4C4H10O.C4H8.2Hf.H2O.2O/c4*1-4(2,3)5;1-4(2)3;;;;;/h4*5H,1-3H3;1H2,2-3H3;;;1H2;;. The summed E-state index contributed by atoms with van der Waals surface area (Å²) in [5.74, 6) is 0. The molecular weight excluding hydrogens is 709 g/mol. The van der Waals surface area contributed by atoms with Gasteiger partial charge in [0.05, 0.1) is 22.4 Å². The summed E-state index contributed by atoms with van der Waals surface area (Å²) >= 11 is -2.42. The van der Waals surface area contributed by atoms with Crippen LogP contribution in [0.2, 0.25) is 0 Å². The molecule has 0 atom stereocenters. The fourth-order valence-corrected chi connectivity index (χ4v) is 0. The van der Waals surface area contributed by atoms with Gasteiger partial charge in [-0.25, -0.2) is 0 Å². The molecule has 0 rings (SSSR count). The quantitative estimate of drug-likeness (QED) is 0.219. The van der Waals surface area contributed by atoms with E-state index in [1.165, 1.54) is 5.57 Å². The summed E-state index contributed by atoms with van der Waals surface area (Å²) in [5, 5.41) is 34.1. The molecule has 0 spiro atoms. The monoisotopic (exact) mass is 762 g/mol. The summed E-state index contributed by atoms with van der Waals surface area (Å²) in [6.45, 7) is 28.4. The van der Waals surface area contributed by atoms with E-state index in [0.717, 1.165) is 0 Å². The molecule has 7 nitrogen and oxygen atoms in total. The van der Waals surface area contributed by atoms with E-state index in [0.29, 0.717) is 0 Å². The number of aliphatic hydroxyl groups is 4. The van der Waals surface area contributed by atoms with Crippen LogP contribution in [0, 0.1) is 0 Å². The van der Waals surface area contributed by atoms with E-state index in [9.17, 15) is 0 Å². The molecule has 180 valence electrons. The van der Waals surface area contributed by atoms with Crippen molar-refractivity contribution in [3.63, 3.8) is 0 Å². The van der Waals surface area contributed by atoms with Crippen molar-refractivity contribution in [2.24, 2.45) is 0 Å². The molecule has 29 heavy (non-hydrogen) atoms. The maximum absolute atomic E-state index is 8.57. The van der Waals surface area contributed by atoms with Crippen LogP contribution in [0.25, 0.3) is 0 Å². The number of hydrogen-bond donors (Lipinski definition) is 4. The first-order chi connectivity index (χ1) is 11.1. The van der Waals surface area contributed by atoms with E-state index in [1.807, 2.05) is 13.8 Å². The van der Waals surface area contributed by atoms with E-state index in [1.54, 1.807) is 83.1 Å². The molecule has 0 radical (unpaired) electrons. The van der Waals surface area contributed by atoms with Gasteiger partial charge in [0.15, 0.2) is 0 Å². The van der Waals surface area contributed by atoms with Crippen LogP contribution in [0.3, 0.4) is 0 Å². The van der Waals surface area contributed by atoms with Crippen LogP contribution in [-0.4, -0.2) is 48.3 Å². The second-order valence-corrected chi connectivity index (χ2v) is 10.6. The van der Waals surface area contributed by atoms with Crippen LogP contribution in [-0.2, 0) is 54.5 Å². The predicted octanol–water partition coefficient (Wildman–Crippen LogP) is 3.62. The second kappa shape index (κ2) is 26.9. The van der Waals surface area contributed by atoms with Crippen molar-refractivity contribution < 1.29 is 80.4 Å². The first kappa shape index (κ1) is 52.1. The van der Waals surface area contributed by atoms with Crippen LogP contribution in [0.5, 0.6) is 0 Å². The van der Waals surface area contributed by atoms with E-state index >= 15 is 0 Å². The van der Waals surface area contributed by atoms with Gasteiger partial charge in [0.2, 0.25) is 0 Å². The van der Waals surface area contributed by atoms with Crippen molar-refractivity contribution in [2.75, 3.05) is 0 Å². The Morgan fingerprint density at radius 1 is 0.586 bits per heavy atom. The Labute approximate surface area is 210 Å². The van der Waals surface area contributed by atoms with Gasteiger partial charge in [-0.3, -0.25) is 0 Å². The van der Waals surface area contributed by atoms with Gasteiger partial charge in [-0.1, -0.05) is 5.57 Å². The minimum absolute atomic E-state index is 0. The van der Waals surface area contributed by atoms with Crippen molar-refractivity contribution >= 4 is 0 Å². The molecule has 0 aliphatic carbocycles. The summed E-state index contributed by atoms with van der Waals surface area (Å²) in [4.78, 5) is 0. The summed E-state index contributed by atoms with van der Waals surface area (Å²) in [7, 11) is 0. The molecule has 0 aliphatic heterocycles. The summed E-state index contributed by atoms with van der Waals surface area (Å²) < 4.78 is 17.1. The maximum atomic E-state index is 8.57. The summed E-state index contributed by atoms with van der Waals surface area (Å²) in [6.07, 6.45) is 0. The molecule has 9 heteroatoms. The molecular formula is C20H50Hf2O7. The molecule has 6 N–H and O–H groups in total. The van der Waals surface area contributed by atoms with Gasteiger partial charge in [0.1, 0.15) is 0 Å². The van der Waals surface area contributed by atoms with Crippen LogP contribution in [0.15, 0.2) is 12.2 Å². The Bertz CT molecular complexity index is 277. The first-order valence-corrected chi connectivity index (χ1v) is 11.6. The van der Waals surface area contributed by atoms with Crippen molar-refractivity contribution in [1.29, 1.82) is 0 Å². The Balaban J connectivity index is -0.0000000302. The molecule has 0 amide bonds. The van der Waals surface area contributed by atoms with Gasteiger partial charge in [-0.05, 0) is 96.9 Å². The Morgan fingerprint density at radius 2 is 0.586 bits per heavy atom. The molecule has 0 saturated carbocycles. The third-order valence-electron chi connectivity index (χ3n) is 0. The third-order valence-corrected chi connectivity index (χ3v) is 0. The average Bonchev–Trinajstić information content (AvgIpc) is 2.02. The van der Waals surface area contributed by atoms with E-state index in [-0.39, 0.29) is 31.3 Å². The normalized spacial score (nSPS) is 9.45. The molecule has 0 heterocycles. The zero-order chi connectivity index (χ0) is 24.3. The number of rotatable bonds is 0. The van der Waals surface area contributed by atoms with E-state index in [4.69, 9.17) is 26.1 Å². The Kier molecular flexibility index (Phi) is 48.3. The molecule has 0 aromatic carbocycles. The topological polar surface area (TPSA) is 147 Å². The van der Waals surface area contributed by atoms with Crippen LogP contribution >= 0.6 is 0 Å². The molecule has 0 aromatic heterocycles. The molecule has 0 bridgehead atoms. The van der Waals surface area contributed by atoms with Gasteiger partial charge < -0.3 is 25.9 Å². The van der Waals surface area contributed by atoms with Crippen molar-refractivity contribution in [3.05, 3.63) is 12.2 Å². The van der Waals surface area contributed by atoms with Gasteiger partial charge in [-0.2, -0.15) is 0 Å². The fourth-order valence-electron chi connectivity index (χ4n) is 0. The summed E-state index contributed by atoms with van der Waals surface area (Å²) in [6, 6.07) is 0. The zero-order valence-corrected chi connectivity index (χ0v) is 28.5. The average molecular weight is 760 g/mol. The van der Waals surface area contributed by atoms with Crippen molar-refractivity contribution in [3.8, 4) is 0 Å². The van der Waals surface area contributed by atoms with Crippen LogP contribution in [0.1, 0.15) is 96.9 Å². The predicted molar refractivity (Wildman–Crippen MR) is 113 cm³/mol. The third kappa shape index (κ3) is 26900. The Hall–Kier alpha value is 0.880. The van der Waals surface area contributed by atoms with Gasteiger partial charge in [0, 0.05) is 25.8 Å². The molecule has 0 aromatic rings. The van der Waals surface area contributed by atoms with Gasteiger partial charge in [-0.15, -0.1) is 6.58 Å². The summed E-state index contributed by atoms with van der Waals surface area (Å²) in [5.41, 5.74) is -0.833. The molecule has 0 fully saturated rings. The molecule has 0 saturated heterocycles. The van der Waals surface area contributed by atoms with E-state index < -0.39 is 45.3 Å². The van der Waals surface area contributed by atoms with E-state index in [2.05, 4.69) is 6.58 Å². The van der Waals surface area contributed by atoms with Gasteiger partial charge >= 0.3 is 28.6 Å². The van der Waals surface area contributed by atoms with Crippen LogP contribution in [0.4, 0.5) is 0 Å². The minimum atomic E-state index is -2.42. The molecule has 0 aliphatic rings. The fraction of sp³-hybridized carbons (Fsp3) is 0.900. The first-order valence-electron chi connectivity index (χ1n) is 8.66. The van der Waals surface area contributed by atoms with Crippen molar-refractivity contribution in [2.45, 2.75) is 119 Å². The Morgan fingerprint density at radius 3 is 0.586 bits per heavy atom. The number of allylic oxidation sites excluding steroid dienone is 1. The van der Waals surface area contributed by atoms with Crippen LogP contribution < -0.4 is 0 Å². The second-order valence-electron chi connectivity index (χ2n) is 9.97. The van der Waals surface area contributed by atoms with Crippen molar-refractivity contribution in [1.82, 2.24) is 0 Å². The SMILES string of the molecule is C=C(C)C.CC(C)(C)O.CC(C)(C)O.CC(C)(C)O.CC(C)(C)O.O.[Hf].[O]=[Hf]=[O]. The zero-order valence-electron chi connectivity index (χ0n) is 21.3. The number of hydrogen-bond acceptors (Lipinski definition) is 6.